The molecule has 0 saturated heterocycles. The Morgan fingerprint density at radius 2 is 0.362 bits per heavy atom. The molecule has 2 atom stereocenters. The Morgan fingerprint density at radius 3 is 0.594 bits per heavy atom. The first kappa shape index (κ1) is 68.7. The van der Waals surface area contributed by atoms with Crippen molar-refractivity contribution >= 4 is 0 Å². The van der Waals surface area contributed by atoms with Crippen molar-refractivity contribution in [1.29, 1.82) is 0 Å². The van der Waals surface area contributed by atoms with E-state index in [9.17, 15) is 0 Å². The summed E-state index contributed by atoms with van der Waals surface area (Å²) < 4.78 is 44.7. The fourth-order valence-corrected chi connectivity index (χ4v) is 9.23. The Labute approximate surface area is 433 Å². The van der Waals surface area contributed by atoms with Crippen LogP contribution in [-0.4, -0.2) is 64.8 Å². The van der Waals surface area contributed by atoms with Crippen molar-refractivity contribution in [2.45, 2.75) is 362 Å². The molecule has 0 radical (unpaired) electrons. The summed E-state index contributed by atoms with van der Waals surface area (Å²) in [4.78, 5) is 0. The van der Waals surface area contributed by atoms with Gasteiger partial charge in [0.05, 0.1) is 0 Å². The number of hydrogen-bond donors (Lipinski definition) is 0. The van der Waals surface area contributed by atoms with Crippen LogP contribution in [0.25, 0.3) is 0 Å². The van der Waals surface area contributed by atoms with Crippen molar-refractivity contribution < 1.29 is 33.2 Å². The van der Waals surface area contributed by atoms with E-state index in [0.29, 0.717) is 0 Å². The average molecular weight is 984 g/mol. The van der Waals surface area contributed by atoms with E-state index in [1.54, 1.807) is 0 Å². The molecule has 0 aromatic rings. The fraction of sp³-hybridized carbons (Fsp3) is 1.00. The van der Waals surface area contributed by atoms with Crippen LogP contribution in [0.4, 0.5) is 0 Å². The zero-order valence-electron chi connectivity index (χ0n) is 47.9. The molecule has 0 N–H and O–H groups in total. The van der Waals surface area contributed by atoms with Crippen LogP contribution in [0.1, 0.15) is 337 Å². The van der Waals surface area contributed by atoms with Crippen molar-refractivity contribution in [3.05, 3.63) is 0 Å². The lowest BCUT2D eigenvalue weighted by Gasteiger charge is -2.25. The zero-order chi connectivity index (χ0) is 50.0. The van der Waals surface area contributed by atoms with Gasteiger partial charge in [-0.05, 0) is 89.9 Å². The molecule has 0 aliphatic rings. The van der Waals surface area contributed by atoms with Crippen molar-refractivity contribution in [1.82, 2.24) is 0 Å². The molecule has 0 heterocycles. The van der Waals surface area contributed by atoms with E-state index in [1.807, 2.05) is 0 Å². The average Bonchev–Trinajstić information content (AvgIpc) is 3.36. The van der Waals surface area contributed by atoms with Gasteiger partial charge in [0.1, 0.15) is 0 Å². The van der Waals surface area contributed by atoms with E-state index in [4.69, 9.17) is 33.2 Å². The van der Waals surface area contributed by atoms with Gasteiger partial charge in [0, 0.05) is 39.6 Å². The number of unbranched alkanes of at least 4 members (excludes halogenated alkanes) is 34. The molecule has 0 amide bonds. The summed E-state index contributed by atoms with van der Waals surface area (Å²) in [6, 6.07) is 0. The third-order valence-corrected chi connectivity index (χ3v) is 13.8. The molecule has 416 valence electrons. The summed E-state index contributed by atoms with van der Waals surface area (Å²) in [6.07, 6.45) is 56.9. The van der Waals surface area contributed by atoms with Gasteiger partial charge >= 0.3 is 0 Å². The number of hydrogen-bond acceptors (Lipinski definition) is 7. The summed E-state index contributed by atoms with van der Waals surface area (Å²) in [5, 5.41) is 0. The van der Waals surface area contributed by atoms with Crippen LogP contribution in [0.15, 0.2) is 0 Å². The monoisotopic (exact) mass is 983 g/mol. The highest BCUT2D eigenvalue weighted by Gasteiger charge is 2.18. The number of rotatable bonds is 62. The zero-order valence-corrected chi connectivity index (χ0v) is 47.9. The highest BCUT2D eigenvalue weighted by molar-refractivity contribution is 4.58. The minimum atomic E-state index is -0.207. The van der Waals surface area contributed by atoms with Crippen molar-refractivity contribution in [3.63, 3.8) is 0 Å². The highest BCUT2D eigenvalue weighted by Crippen LogP contribution is 2.21. The van der Waals surface area contributed by atoms with Gasteiger partial charge in [0.15, 0.2) is 25.2 Å². The molecule has 7 heteroatoms. The third kappa shape index (κ3) is 53.8. The van der Waals surface area contributed by atoms with E-state index >= 15 is 0 Å². The summed E-state index contributed by atoms with van der Waals surface area (Å²) in [5.41, 5.74) is 0. The van der Waals surface area contributed by atoms with Crippen LogP contribution in [0.3, 0.4) is 0 Å². The lowest BCUT2D eigenvalue weighted by atomic mass is 10.1. The van der Waals surface area contributed by atoms with Gasteiger partial charge in [-0.1, -0.05) is 247 Å². The normalized spacial score (nSPS) is 12.9. The second-order valence-electron chi connectivity index (χ2n) is 21.0. The lowest BCUT2D eigenvalue weighted by Crippen LogP contribution is -2.28. The fourth-order valence-electron chi connectivity index (χ4n) is 9.23. The molecule has 0 bridgehead atoms. The van der Waals surface area contributed by atoms with Gasteiger partial charge in [-0.25, -0.2) is 0 Å². The summed E-state index contributed by atoms with van der Waals surface area (Å²) >= 11 is 0. The molecule has 0 aromatic carbocycles. The van der Waals surface area contributed by atoms with Gasteiger partial charge in [0.25, 0.3) is 0 Å². The van der Waals surface area contributed by atoms with Crippen molar-refractivity contribution in [2.24, 2.45) is 0 Å². The van der Waals surface area contributed by atoms with Gasteiger partial charge in [-0.2, -0.15) is 0 Å². The minimum Gasteiger partial charge on any atom is -0.353 e. The Morgan fingerprint density at radius 1 is 0.174 bits per heavy atom. The van der Waals surface area contributed by atoms with Gasteiger partial charge in [-0.15, -0.1) is 0 Å². The Balaban J connectivity index is 4.80. The van der Waals surface area contributed by atoms with Crippen LogP contribution in [-0.2, 0) is 33.2 Å². The second-order valence-corrected chi connectivity index (χ2v) is 21.0. The van der Waals surface area contributed by atoms with Gasteiger partial charge < -0.3 is 33.2 Å². The quantitative estimate of drug-likeness (QED) is 0.0444. The molecule has 7 nitrogen and oxygen atoms in total. The predicted octanol–water partition coefficient (Wildman–Crippen LogP) is 20.5. The highest BCUT2D eigenvalue weighted by atomic mass is 16.8. The van der Waals surface area contributed by atoms with Gasteiger partial charge in [0.2, 0.25) is 0 Å². The molecular formula is C62H126O7. The molecule has 0 aliphatic heterocycles. The Hall–Kier alpha value is -0.280. The third-order valence-electron chi connectivity index (χ3n) is 13.8. The topological polar surface area (TPSA) is 64.6 Å². The summed E-state index contributed by atoms with van der Waals surface area (Å²) in [5.74, 6) is 0. The van der Waals surface area contributed by atoms with E-state index in [0.717, 1.165) is 130 Å². The molecule has 0 fully saturated rings. The molecule has 0 spiro atoms. The standard InChI is InChI=1S/C62H126O7/c1-7-13-17-21-25-29-37-45-55-65-59(66-56-46-38-30-26-22-18-14-8-2)49-41-33-35-43-51-61(63-53-11-5)69-62(64-54-12-6)52-44-36-34-42-50-60(67-57-47-39-31-27-23-19-15-9-3)68-58-48-40-32-28-24-20-16-10-4/h59-62H,7-58H2,1-6H3. The molecule has 0 saturated carbocycles. The first-order valence-corrected chi connectivity index (χ1v) is 31.5. The maximum absolute atomic E-state index is 6.61. The Kier molecular flexibility index (Phi) is 60.0. The van der Waals surface area contributed by atoms with E-state index < -0.39 is 0 Å². The molecular weight excluding hydrogens is 857 g/mol. The largest absolute Gasteiger partial charge is 0.353 e. The van der Waals surface area contributed by atoms with Crippen LogP contribution >= 0.6 is 0 Å². The predicted molar refractivity (Wildman–Crippen MR) is 298 cm³/mol. The summed E-state index contributed by atoms with van der Waals surface area (Å²) in [7, 11) is 0. The first-order chi connectivity index (χ1) is 34.1. The SMILES string of the molecule is CCCCCCCCCCOC(CCCCCCC(OCCC)OC(CCCCCCC(OCCCCCCCCCC)OCCCCCCCCCC)OCCC)OCCCCCCCCCC. The molecule has 2 unspecified atom stereocenters. The van der Waals surface area contributed by atoms with E-state index in [1.165, 1.54) is 205 Å². The maximum Gasteiger partial charge on any atom is 0.160 e. The van der Waals surface area contributed by atoms with Crippen LogP contribution in [0.5, 0.6) is 0 Å². The van der Waals surface area contributed by atoms with Crippen LogP contribution in [0.2, 0.25) is 0 Å². The van der Waals surface area contributed by atoms with Crippen molar-refractivity contribution in [3.8, 4) is 0 Å². The van der Waals surface area contributed by atoms with Crippen LogP contribution < -0.4 is 0 Å². The minimum absolute atomic E-state index is 0.0586. The van der Waals surface area contributed by atoms with E-state index in [-0.39, 0.29) is 25.2 Å². The van der Waals surface area contributed by atoms with Crippen molar-refractivity contribution in [2.75, 3.05) is 39.6 Å². The molecule has 69 heavy (non-hydrogen) atoms. The van der Waals surface area contributed by atoms with E-state index in [2.05, 4.69) is 41.5 Å². The number of ether oxygens (including phenoxy) is 7. The van der Waals surface area contributed by atoms with Crippen LogP contribution in [0, 0.1) is 0 Å². The maximum atomic E-state index is 6.61. The summed E-state index contributed by atoms with van der Waals surface area (Å²) in [6.45, 7) is 18.3. The Bertz CT molecular complexity index is 792. The molecule has 0 aliphatic carbocycles. The molecule has 0 rings (SSSR count). The molecule has 0 aromatic heterocycles. The second kappa shape index (κ2) is 60.3. The first-order valence-electron chi connectivity index (χ1n) is 31.5. The van der Waals surface area contributed by atoms with Gasteiger partial charge in [-0.3, -0.25) is 0 Å². The smallest absolute Gasteiger partial charge is 0.160 e. The lowest BCUT2D eigenvalue weighted by molar-refractivity contribution is -0.249.